The van der Waals surface area contributed by atoms with E-state index in [0.717, 1.165) is 0 Å². The maximum Gasteiger partial charge on any atom is 0.407 e. The third-order valence-electron chi connectivity index (χ3n) is 3.00. The predicted molar refractivity (Wildman–Crippen MR) is 94.0 cm³/mol. The molecule has 0 aliphatic carbocycles. The van der Waals surface area contributed by atoms with Crippen molar-refractivity contribution in [1.29, 1.82) is 0 Å². The molecule has 0 saturated heterocycles. The van der Waals surface area contributed by atoms with Gasteiger partial charge in [-0.25, -0.2) is 4.79 Å². The molecule has 0 aliphatic heterocycles. The van der Waals surface area contributed by atoms with Crippen molar-refractivity contribution in [2.45, 2.75) is 33.3 Å². The summed E-state index contributed by atoms with van der Waals surface area (Å²) in [6.07, 6.45) is -0.643. The van der Waals surface area contributed by atoms with Crippen molar-refractivity contribution in [3.63, 3.8) is 0 Å². The normalized spacial score (nSPS) is 10.0. The van der Waals surface area contributed by atoms with E-state index in [1.807, 2.05) is 13.8 Å². The third-order valence-corrected chi connectivity index (χ3v) is 3.00. The Bertz CT molecular complexity index is 633. The van der Waals surface area contributed by atoms with Gasteiger partial charge in [-0.2, -0.15) is 0 Å². The SMILES string of the molecule is CCOC(=O)NCCC(=O)NNC(=O)c1ccc(OC(C)C)c(OC)c1. The molecular weight excluding hydrogens is 342 g/mol. The van der Waals surface area contributed by atoms with E-state index < -0.39 is 17.9 Å². The van der Waals surface area contributed by atoms with Crippen LogP contribution < -0.4 is 25.6 Å². The number of ether oxygens (including phenoxy) is 3. The van der Waals surface area contributed by atoms with E-state index in [4.69, 9.17) is 9.47 Å². The molecule has 144 valence electrons. The number of hydrogen-bond donors (Lipinski definition) is 3. The molecule has 0 fully saturated rings. The summed E-state index contributed by atoms with van der Waals surface area (Å²) >= 11 is 0. The number of alkyl carbamates (subject to hydrolysis) is 1. The van der Waals surface area contributed by atoms with Crippen molar-refractivity contribution in [3.05, 3.63) is 23.8 Å². The van der Waals surface area contributed by atoms with Crippen LogP contribution in [-0.2, 0) is 9.53 Å². The minimum absolute atomic E-state index is 0.0103. The number of hydrazine groups is 1. The first-order valence-corrected chi connectivity index (χ1v) is 8.21. The van der Waals surface area contributed by atoms with E-state index in [1.165, 1.54) is 13.2 Å². The van der Waals surface area contributed by atoms with Crippen LogP contribution in [0.15, 0.2) is 18.2 Å². The highest BCUT2D eigenvalue weighted by molar-refractivity contribution is 5.96. The fourth-order valence-corrected chi connectivity index (χ4v) is 1.88. The van der Waals surface area contributed by atoms with Crippen LogP contribution in [-0.4, -0.2) is 44.3 Å². The Morgan fingerprint density at radius 3 is 2.46 bits per heavy atom. The molecule has 9 nitrogen and oxygen atoms in total. The van der Waals surface area contributed by atoms with Crippen LogP contribution in [0.25, 0.3) is 0 Å². The van der Waals surface area contributed by atoms with Crippen LogP contribution in [0.1, 0.15) is 37.6 Å². The molecule has 0 aliphatic rings. The predicted octanol–water partition coefficient (Wildman–Crippen LogP) is 1.38. The Hall–Kier alpha value is -2.97. The lowest BCUT2D eigenvalue weighted by Crippen LogP contribution is -2.42. The highest BCUT2D eigenvalue weighted by Gasteiger charge is 2.13. The van der Waals surface area contributed by atoms with Gasteiger partial charge in [0.15, 0.2) is 11.5 Å². The Morgan fingerprint density at radius 2 is 1.85 bits per heavy atom. The second-order valence-electron chi connectivity index (χ2n) is 5.43. The molecule has 26 heavy (non-hydrogen) atoms. The van der Waals surface area contributed by atoms with Crippen LogP contribution in [0.5, 0.6) is 11.5 Å². The van der Waals surface area contributed by atoms with Crippen LogP contribution in [0, 0.1) is 0 Å². The molecule has 3 N–H and O–H groups in total. The average Bonchev–Trinajstić information content (AvgIpc) is 2.59. The lowest BCUT2D eigenvalue weighted by atomic mass is 10.2. The summed E-state index contributed by atoms with van der Waals surface area (Å²) in [5.41, 5.74) is 4.86. The van der Waals surface area contributed by atoms with Crippen molar-refractivity contribution in [2.24, 2.45) is 0 Å². The first-order valence-electron chi connectivity index (χ1n) is 8.21. The second kappa shape index (κ2) is 10.8. The van der Waals surface area contributed by atoms with E-state index in [2.05, 4.69) is 20.9 Å². The van der Waals surface area contributed by atoms with Gasteiger partial charge in [-0.15, -0.1) is 0 Å². The number of nitrogens with one attached hydrogen (secondary N) is 3. The largest absolute Gasteiger partial charge is 0.493 e. The Balaban J connectivity index is 2.49. The molecule has 0 atom stereocenters. The molecular formula is C17H25N3O6. The van der Waals surface area contributed by atoms with Crippen molar-refractivity contribution in [3.8, 4) is 11.5 Å². The molecule has 0 bridgehead atoms. The molecule has 1 aromatic rings. The van der Waals surface area contributed by atoms with E-state index in [-0.39, 0.29) is 25.7 Å². The molecule has 0 heterocycles. The molecule has 0 spiro atoms. The number of amides is 3. The van der Waals surface area contributed by atoms with Crippen molar-refractivity contribution in [2.75, 3.05) is 20.3 Å². The zero-order chi connectivity index (χ0) is 19.5. The van der Waals surface area contributed by atoms with Crippen LogP contribution in [0.4, 0.5) is 4.79 Å². The number of rotatable bonds is 8. The van der Waals surface area contributed by atoms with Gasteiger partial charge in [0.05, 0.1) is 19.8 Å². The zero-order valence-electron chi connectivity index (χ0n) is 15.4. The van der Waals surface area contributed by atoms with E-state index in [1.54, 1.807) is 19.1 Å². The summed E-state index contributed by atoms with van der Waals surface area (Å²) in [4.78, 5) is 34.8. The number of methoxy groups -OCH3 is 1. The number of carbonyl (C=O) groups is 3. The second-order valence-corrected chi connectivity index (χ2v) is 5.43. The van der Waals surface area contributed by atoms with Gasteiger partial charge in [0.2, 0.25) is 5.91 Å². The third kappa shape index (κ3) is 7.29. The molecule has 1 aromatic carbocycles. The smallest absolute Gasteiger partial charge is 0.407 e. The van der Waals surface area contributed by atoms with Crippen LogP contribution in [0.2, 0.25) is 0 Å². The highest BCUT2D eigenvalue weighted by atomic mass is 16.5. The summed E-state index contributed by atoms with van der Waals surface area (Å²) in [5, 5.41) is 2.41. The van der Waals surface area contributed by atoms with E-state index >= 15 is 0 Å². The summed E-state index contributed by atoms with van der Waals surface area (Å²) in [6.45, 7) is 5.78. The minimum atomic E-state index is -0.597. The van der Waals surface area contributed by atoms with Gasteiger partial charge < -0.3 is 19.5 Å². The Labute approximate surface area is 152 Å². The van der Waals surface area contributed by atoms with Gasteiger partial charge in [0, 0.05) is 18.5 Å². The lowest BCUT2D eigenvalue weighted by Gasteiger charge is -2.14. The van der Waals surface area contributed by atoms with Crippen molar-refractivity contribution in [1.82, 2.24) is 16.2 Å². The fraction of sp³-hybridized carbons (Fsp3) is 0.471. The molecule has 9 heteroatoms. The van der Waals surface area contributed by atoms with Gasteiger partial charge in [-0.3, -0.25) is 20.4 Å². The van der Waals surface area contributed by atoms with Gasteiger partial charge in [0.1, 0.15) is 0 Å². The van der Waals surface area contributed by atoms with Gasteiger partial charge in [-0.1, -0.05) is 0 Å². The number of carbonyl (C=O) groups excluding carboxylic acids is 3. The van der Waals surface area contributed by atoms with E-state index in [0.29, 0.717) is 17.1 Å². The van der Waals surface area contributed by atoms with Crippen molar-refractivity contribution < 1.29 is 28.6 Å². The summed E-state index contributed by atoms with van der Waals surface area (Å²) in [5.74, 6) is -0.0302. The molecule has 3 amide bonds. The first-order chi connectivity index (χ1) is 12.4. The average molecular weight is 367 g/mol. The maximum absolute atomic E-state index is 12.1. The quantitative estimate of drug-likeness (QED) is 0.598. The summed E-state index contributed by atoms with van der Waals surface area (Å²) in [7, 11) is 1.47. The number of benzene rings is 1. The number of hydrogen-bond acceptors (Lipinski definition) is 6. The summed E-state index contributed by atoms with van der Waals surface area (Å²) in [6, 6.07) is 4.70. The molecule has 0 unspecified atom stereocenters. The monoisotopic (exact) mass is 367 g/mol. The van der Waals surface area contributed by atoms with Crippen LogP contribution in [0.3, 0.4) is 0 Å². The van der Waals surface area contributed by atoms with Gasteiger partial charge in [0.25, 0.3) is 5.91 Å². The molecule has 0 saturated carbocycles. The fourth-order valence-electron chi connectivity index (χ4n) is 1.88. The van der Waals surface area contributed by atoms with Gasteiger partial charge in [-0.05, 0) is 39.0 Å². The Kier molecular flexibility index (Phi) is 8.76. The topological polar surface area (TPSA) is 115 Å². The lowest BCUT2D eigenvalue weighted by molar-refractivity contribution is -0.121. The van der Waals surface area contributed by atoms with Crippen LogP contribution >= 0.6 is 0 Å². The molecule has 0 aromatic heterocycles. The Morgan fingerprint density at radius 1 is 1.12 bits per heavy atom. The minimum Gasteiger partial charge on any atom is -0.493 e. The summed E-state index contributed by atoms with van der Waals surface area (Å²) < 4.78 is 15.5. The molecule has 0 radical (unpaired) electrons. The maximum atomic E-state index is 12.1. The van der Waals surface area contributed by atoms with Gasteiger partial charge >= 0.3 is 6.09 Å². The van der Waals surface area contributed by atoms with Crippen molar-refractivity contribution >= 4 is 17.9 Å². The standard InChI is InChI=1S/C17H25N3O6/c1-5-25-17(23)18-9-8-15(21)19-20-16(22)12-6-7-13(26-11(2)3)14(10-12)24-4/h6-7,10-11H,5,8-9H2,1-4H3,(H,18,23)(H,19,21)(H,20,22). The highest BCUT2D eigenvalue weighted by Crippen LogP contribution is 2.28. The zero-order valence-corrected chi connectivity index (χ0v) is 15.4. The molecule has 1 rings (SSSR count). The first kappa shape index (κ1) is 21.1. The van der Waals surface area contributed by atoms with E-state index in [9.17, 15) is 14.4 Å².